The SMILES string of the molecule is NC(=O)c1[c]ccn2nc(-c3cccc(F)n3)nc12. The Morgan fingerprint density at radius 2 is 2.21 bits per heavy atom. The molecule has 2 N–H and O–H groups in total. The second-order valence-corrected chi connectivity index (χ2v) is 3.75. The van der Waals surface area contributed by atoms with Crippen LogP contribution in [0.25, 0.3) is 17.2 Å². The van der Waals surface area contributed by atoms with Crippen LogP contribution < -0.4 is 5.73 Å². The maximum absolute atomic E-state index is 13.1. The molecule has 19 heavy (non-hydrogen) atoms. The zero-order valence-corrected chi connectivity index (χ0v) is 9.54. The van der Waals surface area contributed by atoms with Crippen molar-refractivity contribution in [3.8, 4) is 11.5 Å². The molecule has 0 aliphatic heterocycles. The molecule has 0 bridgehead atoms. The van der Waals surface area contributed by atoms with Crippen LogP contribution in [0.2, 0.25) is 0 Å². The summed E-state index contributed by atoms with van der Waals surface area (Å²) < 4.78 is 14.4. The third-order valence-electron chi connectivity index (χ3n) is 2.49. The number of pyridine rings is 2. The molecule has 3 aromatic heterocycles. The van der Waals surface area contributed by atoms with Crippen molar-refractivity contribution in [2.24, 2.45) is 5.73 Å². The fraction of sp³-hybridized carbons (Fsp3) is 0. The highest BCUT2D eigenvalue weighted by Gasteiger charge is 2.13. The molecule has 0 fully saturated rings. The van der Waals surface area contributed by atoms with Crippen molar-refractivity contribution < 1.29 is 9.18 Å². The molecule has 3 rings (SSSR count). The average Bonchev–Trinajstić information content (AvgIpc) is 2.82. The molecule has 3 aromatic rings. The molecule has 1 radical (unpaired) electrons. The van der Waals surface area contributed by atoms with Gasteiger partial charge in [-0.25, -0.2) is 14.5 Å². The molecule has 0 unspecified atom stereocenters. The largest absolute Gasteiger partial charge is 0.365 e. The fourth-order valence-corrected chi connectivity index (χ4v) is 1.68. The predicted molar refractivity (Wildman–Crippen MR) is 63.5 cm³/mol. The summed E-state index contributed by atoms with van der Waals surface area (Å²) in [6, 6.07) is 8.50. The lowest BCUT2D eigenvalue weighted by atomic mass is 10.2. The number of fused-ring (bicyclic) bond motifs is 1. The Kier molecular flexibility index (Phi) is 2.45. The Hall–Kier alpha value is -2.83. The first-order valence-electron chi connectivity index (χ1n) is 5.35. The van der Waals surface area contributed by atoms with Gasteiger partial charge in [-0.15, -0.1) is 5.10 Å². The minimum absolute atomic E-state index is 0.123. The van der Waals surface area contributed by atoms with Crippen LogP contribution in [-0.2, 0) is 0 Å². The van der Waals surface area contributed by atoms with E-state index in [1.54, 1.807) is 12.3 Å². The molecule has 0 atom stereocenters. The number of nitrogens with zero attached hydrogens (tertiary/aromatic N) is 4. The summed E-state index contributed by atoms with van der Waals surface area (Å²) in [5.41, 5.74) is 5.89. The van der Waals surface area contributed by atoms with Crippen LogP contribution in [0, 0.1) is 12.0 Å². The van der Waals surface area contributed by atoms with E-state index in [-0.39, 0.29) is 22.7 Å². The summed E-state index contributed by atoms with van der Waals surface area (Å²) in [4.78, 5) is 19.1. The first kappa shape index (κ1) is 11.3. The standard InChI is InChI=1S/C12H7FN5O/c13-9-5-1-4-8(15-9)11-16-12-7(10(14)19)3-2-6-18(12)17-11/h1-2,4-6H,(H2,14,19). The highest BCUT2D eigenvalue weighted by Crippen LogP contribution is 2.15. The summed E-state index contributed by atoms with van der Waals surface area (Å²) in [6.45, 7) is 0. The molecule has 0 saturated carbocycles. The summed E-state index contributed by atoms with van der Waals surface area (Å²) in [6.07, 6.45) is 1.57. The summed E-state index contributed by atoms with van der Waals surface area (Å²) in [5.74, 6) is -1.07. The van der Waals surface area contributed by atoms with E-state index in [0.29, 0.717) is 0 Å². The van der Waals surface area contributed by atoms with Gasteiger partial charge in [0.2, 0.25) is 11.8 Å². The van der Waals surface area contributed by atoms with Crippen molar-refractivity contribution in [1.82, 2.24) is 19.6 Å². The highest BCUT2D eigenvalue weighted by atomic mass is 19.1. The Labute approximate surface area is 106 Å². The normalized spacial score (nSPS) is 10.8. The topological polar surface area (TPSA) is 86.2 Å². The molecule has 0 spiro atoms. The number of carbonyl (C=O) groups excluding carboxylic acids is 1. The van der Waals surface area contributed by atoms with E-state index >= 15 is 0 Å². The smallest absolute Gasteiger partial charge is 0.253 e. The van der Waals surface area contributed by atoms with Gasteiger partial charge in [0.25, 0.3) is 5.91 Å². The minimum Gasteiger partial charge on any atom is -0.365 e. The van der Waals surface area contributed by atoms with Gasteiger partial charge in [-0.2, -0.15) is 4.39 Å². The van der Waals surface area contributed by atoms with Crippen LogP contribution in [0.3, 0.4) is 0 Å². The van der Waals surface area contributed by atoms with E-state index in [4.69, 9.17) is 5.73 Å². The molecule has 3 heterocycles. The number of amides is 1. The molecular formula is C12H7FN5O. The van der Waals surface area contributed by atoms with Crippen LogP contribution in [-0.4, -0.2) is 25.5 Å². The van der Waals surface area contributed by atoms with Gasteiger partial charge in [-0.05, 0) is 18.2 Å². The van der Waals surface area contributed by atoms with Crippen LogP contribution in [0.1, 0.15) is 10.4 Å². The van der Waals surface area contributed by atoms with Gasteiger partial charge >= 0.3 is 0 Å². The maximum Gasteiger partial charge on any atom is 0.253 e. The quantitative estimate of drug-likeness (QED) is 0.688. The Morgan fingerprint density at radius 3 is 2.95 bits per heavy atom. The van der Waals surface area contributed by atoms with E-state index in [1.165, 1.54) is 22.7 Å². The van der Waals surface area contributed by atoms with E-state index in [2.05, 4.69) is 21.1 Å². The minimum atomic E-state index is -0.656. The van der Waals surface area contributed by atoms with Crippen LogP contribution in [0.15, 0.2) is 30.5 Å². The number of carbonyl (C=O) groups is 1. The number of primary amides is 1. The first-order valence-corrected chi connectivity index (χ1v) is 5.35. The molecule has 7 heteroatoms. The van der Waals surface area contributed by atoms with Gasteiger partial charge in [-0.1, -0.05) is 6.07 Å². The third-order valence-corrected chi connectivity index (χ3v) is 2.49. The van der Waals surface area contributed by atoms with Gasteiger partial charge in [-0.3, -0.25) is 4.79 Å². The summed E-state index contributed by atoms with van der Waals surface area (Å²) in [7, 11) is 0. The number of hydrogen-bond donors (Lipinski definition) is 1. The third kappa shape index (κ3) is 1.90. The second-order valence-electron chi connectivity index (χ2n) is 3.75. The number of halogens is 1. The molecule has 0 aliphatic rings. The monoisotopic (exact) mass is 256 g/mol. The van der Waals surface area contributed by atoms with E-state index in [0.717, 1.165) is 0 Å². The Morgan fingerprint density at radius 1 is 1.37 bits per heavy atom. The maximum atomic E-state index is 13.1. The molecule has 93 valence electrons. The van der Waals surface area contributed by atoms with Crippen LogP contribution in [0.4, 0.5) is 4.39 Å². The van der Waals surface area contributed by atoms with Crippen molar-refractivity contribution in [3.05, 3.63) is 48.0 Å². The second kappa shape index (κ2) is 4.13. The highest BCUT2D eigenvalue weighted by molar-refractivity contribution is 5.98. The summed E-state index contributed by atoms with van der Waals surface area (Å²) >= 11 is 0. The van der Waals surface area contributed by atoms with Crippen LogP contribution >= 0.6 is 0 Å². The zero-order chi connectivity index (χ0) is 13.4. The fourth-order valence-electron chi connectivity index (χ4n) is 1.68. The lowest BCUT2D eigenvalue weighted by Gasteiger charge is -1.94. The zero-order valence-electron chi connectivity index (χ0n) is 9.54. The number of aromatic nitrogens is 4. The van der Waals surface area contributed by atoms with Gasteiger partial charge in [0.1, 0.15) is 5.69 Å². The van der Waals surface area contributed by atoms with Crippen molar-refractivity contribution >= 4 is 11.6 Å². The van der Waals surface area contributed by atoms with Crippen molar-refractivity contribution in [1.29, 1.82) is 0 Å². The van der Waals surface area contributed by atoms with Gasteiger partial charge in [0.15, 0.2) is 5.65 Å². The van der Waals surface area contributed by atoms with Crippen molar-refractivity contribution in [2.45, 2.75) is 0 Å². The molecule has 6 nitrogen and oxygen atoms in total. The first-order chi connectivity index (χ1) is 9.15. The Balaban J connectivity index is 2.22. The molecule has 0 saturated heterocycles. The lowest BCUT2D eigenvalue weighted by Crippen LogP contribution is -2.12. The number of nitrogens with two attached hydrogens (primary N) is 1. The number of hydrogen-bond acceptors (Lipinski definition) is 4. The van der Waals surface area contributed by atoms with Gasteiger partial charge in [0, 0.05) is 12.3 Å². The summed E-state index contributed by atoms with van der Waals surface area (Å²) in [5, 5.41) is 4.12. The Bertz CT molecular complexity index is 783. The van der Waals surface area contributed by atoms with E-state index in [9.17, 15) is 9.18 Å². The number of rotatable bonds is 2. The molecule has 1 amide bonds. The van der Waals surface area contributed by atoms with E-state index in [1.807, 2.05) is 0 Å². The van der Waals surface area contributed by atoms with Gasteiger partial charge in [0.05, 0.1) is 5.56 Å². The average molecular weight is 256 g/mol. The lowest BCUT2D eigenvalue weighted by molar-refractivity contribution is 0.100. The molecule has 0 aromatic carbocycles. The molecular weight excluding hydrogens is 249 g/mol. The van der Waals surface area contributed by atoms with E-state index < -0.39 is 11.9 Å². The predicted octanol–water partition coefficient (Wildman–Crippen LogP) is 0.829. The van der Waals surface area contributed by atoms with Crippen molar-refractivity contribution in [3.63, 3.8) is 0 Å². The van der Waals surface area contributed by atoms with Gasteiger partial charge < -0.3 is 5.73 Å². The van der Waals surface area contributed by atoms with Crippen LogP contribution in [0.5, 0.6) is 0 Å². The molecule has 0 aliphatic carbocycles. The van der Waals surface area contributed by atoms with Crippen molar-refractivity contribution in [2.75, 3.05) is 0 Å².